The number of rotatable bonds is 5. The van der Waals surface area contributed by atoms with Crippen molar-refractivity contribution in [3.05, 3.63) is 24.0 Å². The van der Waals surface area contributed by atoms with E-state index in [1.807, 2.05) is 6.92 Å². The molecule has 96 valence electrons. The summed E-state index contributed by atoms with van der Waals surface area (Å²) < 4.78 is 42.3. The van der Waals surface area contributed by atoms with Gasteiger partial charge in [-0.1, -0.05) is 13.3 Å². The summed E-state index contributed by atoms with van der Waals surface area (Å²) >= 11 is 0. The van der Waals surface area contributed by atoms with Crippen LogP contribution in [0.3, 0.4) is 0 Å². The Morgan fingerprint density at radius 1 is 1.47 bits per heavy atom. The second kappa shape index (κ2) is 5.75. The molecule has 3 nitrogen and oxygen atoms in total. The van der Waals surface area contributed by atoms with Crippen LogP contribution >= 0.6 is 0 Å². The Balaban J connectivity index is 2.64. The third-order valence-electron chi connectivity index (χ3n) is 2.12. The van der Waals surface area contributed by atoms with Gasteiger partial charge >= 0.3 is 12.1 Å². The number of alkyl halides is 3. The van der Waals surface area contributed by atoms with Gasteiger partial charge in [-0.05, 0) is 18.6 Å². The van der Waals surface area contributed by atoms with E-state index in [1.165, 1.54) is 18.3 Å². The molecule has 1 heterocycles. The van der Waals surface area contributed by atoms with Gasteiger partial charge in [-0.15, -0.1) is 0 Å². The van der Waals surface area contributed by atoms with Crippen molar-refractivity contribution >= 4 is 5.97 Å². The molecule has 0 N–H and O–H groups in total. The molecule has 1 aromatic rings. The van der Waals surface area contributed by atoms with E-state index >= 15 is 0 Å². The van der Waals surface area contributed by atoms with E-state index in [2.05, 4.69) is 0 Å². The Kier molecular flexibility index (Phi) is 4.60. The van der Waals surface area contributed by atoms with E-state index in [9.17, 15) is 18.0 Å². The summed E-state index contributed by atoms with van der Waals surface area (Å²) in [4.78, 5) is 11.5. The smallest absolute Gasteiger partial charge is 0.406 e. The molecule has 0 aromatic carbocycles. The van der Waals surface area contributed by atoms with E-state index in [0.29, 0.717) is 6.42 Å². The van der Waals surface area contributed by atoms with E-state index in [-0.39, 0.29) is 12.3 Å². The Hall–Kier alpha value is -1.46. The maximum absolute atomic E-state index is 12.2. The number of halogens is 3. The molecule has 0 atom stereocenters. The fraction of sp³-hybridized carbons (Fsp3) is 0.545. The molecule has 0 radical (unpaired) electrons. The van der Waals surface area contributed by atoms with Gasteiger partial charge in [-0.25, -0.2) is 4.79 Å². The van der Waals surface area contributed by atoms with E-state index in [1.54, 1.807) is 0 Å². The van der Waals surface area contributed by atoms with Crippen molar-refractivity contribution in [2.24, 2.45) is 0 Å². The van der Waals surface area contributed by atoms with Gasteiger partial charge in [0.05, 0.1) is 6.61 Å². The highest BCUT2D eigenvalue weighted by molar-refractivity contribution is 5.87. The lowest BCUT2D eigenvalue weighted by molar-refractivity contribution is -0.140. The van der Waals surface area contributed by atoms with Gasteiger partial charge in [0, 0.05) is 6.20 Å². The molecule has 6 heteroatoms. The number of hydrogen-bond acceptors (Lipinski definition) is 2. The fourth-order valence-corrected chi connectivity index (χ4v) is 1.31. The summed E-state index contributed by atoms with van der Waals surface area (Å²) in [6, 6.07) is 2.71. The van der Waals surface area contributed by atoms with Gasteiger partial charge in [0.25, 0.3) is 0 Å². The molecule has 0 bridgehead atoms. The number of esters is 1. The van der Waals surface area contributed by atoms with Crippen LogP contribution in [0.25, 0.3) is 0 Å². The number of carbonyl (C=O) groups excluding carboxylic acids is 1. The van der Waals surface area contributed by atoms with E-state index in [0.717, 1.165) is 11.0 Å². The Morgan fingerprint density at radius 3 is 2.76 bits per heavy atom. The molecule has 0 unspecified atom stereocenters. The molecule has 1 aromatic heterocycles. The molecule has 1 rings (SSSR count). The highest BCUT2D eigenvalue weighted by atomic mass is 19.4. The SMILES string of the molecule is CCCCOC(=O)c1cccn1CC(F)(F)F. The lowest BCUT2D eigenvalue weighted by Gasteiger charge is -2.11. The summed E-state index contributed by atoms with van der Waals surface area (Å²) in [5.74, 6) is -0.715. The van der Waals surface area contributed by atoms with Crippen LogP contribution in [0.2, 0.25) is 0 Å². The second-order valence-electron chi connectivity index (χ2n) is 3.63. The first kappa shape index (κ1) is 13.6. The minimum Gasteiger partial charge on any atom is -0.461 e. The van der Waals surface area contributed by atoms with Crippen LogP contribution in [-0.2, 0) is 11.3 Å². The first-order valence-electron chi connectivity index (χ1n) is 5.33. The van der Waals surface area contributed by atoms with E-state index < -0.39 is 18.7 Å². The average molecular weight is 249 g/mol. The standard InChI is InChI=1S/C11H14F3NO2/c1-2-3-7-17-10(16)9-5-4-6-15(9)8-11(12,13)14/h4-6H,2-3,7-8H2,1H3. The van der Waals surface area contributed by atoms with Crippen molar-refractivity contribution in [3.8, 4) is 0 Å². The summed E-state index contributed by atoms with van der Waals surface area (Å²) in [6.45, 7) is 0.977. The van der Waals surface area contributed by atoms with Crippen molar-refractivity contribution in [2.75, 3.05) is 6.61 Å². The molecule has 0 spiro atoms. The van der Waals surface area contributed by atoms with Crippen LogP contribution in [0.5, 0.6) is 0 Å². The number of unbranched alkanes of at least 4 members (excludes halogenated alkanes) is 1. The predicted octanol–water partition coefficient (Wildman–Crippen LogP) is 3.01. The molecule has 0 saturated carbocycles. The zero-order valence-corrected chi connectivity index (χ0v) is 9.46. The number of nitrogens with zero attached hydrogens (tertiary/aromatic N) is 1. The molecule has 0 saturated heterocycles. The van der Waals surface area contributed by atoms with Crippen LogP contribution in [-0.4, -0.2) is 23.3 Å². The van der Waals surface area contributed by atoms with Crippen LogP contribution in [0, 0.1) is 0 Å². The zero-order valence-electron chi connectivity index (χ0n) is 9.46. The normalized spacial score (nSPS) is 11.5. The Labute approximate surface area is 97.2 Å². The van der Waals surface area contributed by atoms with Gasteiger partial charge in [-0.2, -0.15) is 13.2 Å². The topological polar surface area (TPSA) is 31.2 Å². The average Bonchev–Trinajstić information content (AvgIpc) is 2.63. The van der Waals surface area contributed by atoms with Crippen molar-refractivity contribution < 1.29 is 22.7 Å². The molecule has 17 heavy (non-hydrogen) atoms. The maximum atomic E-state index is 12.2. The number of carbonyl (C=O) groups is 1. The maximum Gasteiger partial charge on any atom is 0.406 e. The minimum atomic E-state index is -4.35. The van der Waals surface area contributed by atoms with Crippen molar-refractivity contribution in [2.45, 2.75) is 32.5 Å². The summed E-state index contributed by atoms with van der Waals surface area (Å²) in [5.41, 5.74) is -0.0709. The quantitative estimate of drug-likeness (QED) is 0.593. The largest absolute Gasteiger partial charge is 0.461 e. The monoisotopic (exact) mass is 249 g/mol. The van der Waals surface area contributed by atoms with Gasteiger partial charge in [0.15, 0.2) is 0 Å². The molecular formula is C11H14F3NO2. The van der Waals surface area contributed by atoms with Crippen LogP contribution in [0.15, 0.2) is 18.3 Å². The van der Waals surface area contributed by atoms with Crippen LogP contribution < -0.4 is 0 Å². The van der Waals surface area contributed by atoms with Gasteiger partial charge in [-0.3, -0.25) is 0 Å². The number of hydrogen-bond donors (Lipinski definition) is 0. The van der Waals surface area contributed by atoms with Crippen molar-refractivity contribution in [1.29, 1.82) is 0 Å². The zero-order chi connectivity index (χ0) is 12.9. The van der Waals surface area contributed by atoms with Crippen LogP contribution in [0.1, 0.15) is 30.3 Å². The third kappa shape index (κ3) is 4.50. The Morgan fingerprint density at radius 2 is 2.18 bits per heavy atom. The summed E-state index contributed by atoms with van der Waals surface area (Å²) in [7, 11) is 0. The second-order valence-corrected chi connectivity index (χ2v) is 3.63. The predicted molar refractivity (Wildman–Crippen MR) is 55.7 cm³/mol. The minimum absolute atomic E-state index is 0.0709. The van der Waals surface area contributed by atoms with Crippen molar-refractivity contribution in [1.82, 2.24) is 4.57 Å². The van der Waals surface area contributed by atoms with Gasteiger partial charge in [0.1, 0.15) is 12.2 Å². The summed E-state index contributed by atoms with van der Waals surface area (Å²) in [6.07, 6.45) is -1.58. The molecule has 0 aliphatic rings. The van der Waals surface area contributed by atoms with Crippen molar-refractivity contribution in [3.63, 3.8) is 0 Å². The highest BCUT2D eigenvalue weighted by Crippen LogP contribution is 2.19. The molecule has 0 amide bonds. The molecule has 0 fully saturated rings. The van der Waals surface area contributed by atoms with Gasteiger partial charge < -0.3 is 9.30 Å². The number of ether oxygens (including phenoxy) is 1. The van der Waals surface area contributed by atoms with E-state index in [4.69, 9.17) is 4.74 Å². The first-order chi connectivity index (χ1) is 7.94. The fourth-order valence-electron chi connectivity index (χ4n) is 1.31. The third-order valence-corrected chi connectivity index (χ3v) is 2.12. The van der Waals surface area contributed by atoms with Gasteiger partial charge in [0.2, 0.25) is 0 Å². The van der Waals surface area contributed by atoms with Crippen LogP contribution in [0.4, 0.5) is 13.2 Å². The molecule has 0 aliphatic heterocycles. The lowest BCUT2D eigenvalue weighted by atomic mass is 10.3. The molecular weight excluding hydrogens is 235 g/mol. The lowest BCUT2D eigenvalue weighted by Crippen LogP contribution is -2.21. The first-order valence-corrected chi connectivity index (χ1v) is 5.33. The highest BCUT2D eigenvalue weighted by Gasteiger charge is 2.29. The summed E-state index contributed by atoms with van der Waals surface area (Å²) in [5, 5.41) is 0. The Bertz CT molecular complexity index is 371. The molecule has 0 aliphatic carbocycles. The number of aromatic nitrogens is 1.